The zero-order valence-corrected chi connectivity index (χ0v) is 16.5. The van der Waals surface area contributed by atoms with Crippen LogP contribution in [-0.2, 0) is 9.59 Å². The van der Waals surface area contributed by atoms with E-state index < -0.39 is 55.7 Å². The summed E-state index contributed by atoms with van der Waals surface area (Å²) in [7, 11) is 0. The number of carbonyl (C=O) groups excluding carboxylic acids is 2. The second kappa shape index (κ2) is 7.94. The molecule has 2 atom stereocenters. The molecule has 3 aromatic rings. The molecule has 0 aromatic heterocycles. The molecule has 2 amide bonds. The minimum atomic E-state index is -2.39. The molecule has 0 saturated carbocycles. The molecule has 2 N–H and O–H groups in total. The lowest BCUT2D eigenvalue weighted by Gasteiger charge is -2.21. The molecule has 1 aliphatic heterocycles. The lowest BCUT2D eigenvalue weighted by atomic mass is 10.0. The molecule has 1 fully saturated rings. The van der Waals surface area contributed by atoms with Crippen molar-refractivity contribution in [3.05, 3.63) is 60.2 Å². The van der Waals surface area contributed by atoms with Gasteiger partial charge in [0.25, 0.3) is 5.91 Å². The number of amides is 2. The van der Waals surface area contributed by atoms with Gasteiger partial charge in [0.2, 0.25) is 5.91 Å². The third kappa shape index (κ3) is 4.05. The van der Waals surface area contributed by atoms with Crippen LogP contribution in [0.4, 0.5) is 8.78 Å². The van der Waals surface area contributed by atoms with Crippen LogP contribution in [-0.4, -0.2) is 59.3 Å². The van der Waals surface area contributed by atoms with Crippen LogP contribution in [0, 0.1) is 0 Å². The fourth-order valence-corrected chi connectivity index (χ4v) is 3.96. The van der Waals surface area contributed by atoms with Gasteiger partial charge >= 0.3 is 5.97 Å². The van der Waals surface area contributed by atoms with E-state index in [4.69, 9.17) is 0 Å². The Morgan fingerprint density at radius 2 is 1.68 bits per heavy atom. The van der Waals surface area contributed by atoms with Gasteiger partial charge in [-0.25, -0.2) is 13.6 Å². The number of halogens is 2. The minimum Gasteiger partial charge on any atom is -0.480 e. The summed E-state index contributed by atoms with van der Waals surface area (Å²) in [5.41, 5.74) is -2.06. The maximum atomic E-state index is 14.3. The van der Waals surface area contributed by atoms with Gasteiger partial charge in [-0.3, -0.25) is 9.59 Å². The Bertz CT molecular complexity index is 1200. The fourth-order valence-electron chi connectivity index (χ4n) is 3.96. The van der Waals surface area contributed by atoms with E-state index in [1.54, 1.807) is 18.2 Å². The molecule has 1 aliphatic rings. The number of aliphatic carboxylic acids is 1. The number of carbonyl (C=O) groups is 3. The summed E-state index contributed by atoms with van der Waals surface area (Å²) in [6, 6.07) is 15.5. The number of nitrogens with one attached hydrogen (secondary N) is 1. The number of alkyl halides is 2. The van der Waals surface area contributed by atoms with Crippen molar-refractivity contribution in [2.24, 2.45) is 0 Å². The summed E-state index contributed by atoms with van der Waals surface area (Å²) in [5.74, 6) is -2.71. The number of nitrogens with zero attached hydrogens (tertiary/aromatic N) is 1. The Labute approximate surface area is 176 Å². The average Bonchev–Trinajstić information content (AvgIpc) is 3.14. The van der Waals surface area contributed by atoms with E-state index in [1.807, 2.05) is 36.4 Å². The Balaban J connectivity index is 1.48. The first-order chi connectivity index (χ1) is 14.8. The van der Waals surface area contributed by atoms with Crippen molar-refractivity contribution >= 4 is 39.3 Å². The zero-order chi connectivity index (χ0) is 22.2. The summed E-state index contributed by atoms with van der Waals surface area (Å²) in [6.45, 7) is -2.54. The minimum absolute atomic E-state index is 0.329. The van der Waals surface area contributed by atoms with Crippen molar-refractivity contribution in [1.29, 1.82) is 0 Å². The Morgan fingerprint density at radius 3 is 2.32 bits per heavy atom. The predicted octanol–water partition coefficient (Wildman–Crippen LogP) is 3.09. The number of hydrogen-bond acceptors (Lipinski definition) is 3. The van der Waals surface area contributed by atoms with Crippen LogP contribution < -0.4 is 5.32 Å². The Kier molecular flexibility index (Phi) is 5.31. The van der Waals surface area contributed by atoms with Gasteiger partial charge in [-0.2, -0.15) is 0 Å². The molecular formula is C23H20F2N2O4. The lowest BCUT2D eigenvalue weighted by molar-refractivity contribution is -0.147. The van der Waals surface area contributed by atoms with Gasteiger partial charge < -0.3 is 15.3 Å². The summed E-state index contributed by atoms with van der Waals surface area (Å²) < 4.78 is 27.2. The maximum Gasteiger partial charge on any atom is 0.326 e. The number of benzene rings is 3. The molecule has 0 radical (unpaired) electrons. The standard InChI is InChI=1S/C23H20F2N2O4/c24-12-23(25)10-19(22(30)31)27(13-23)20(28)11-26-21(29)17-6-5-16-7-14-3-1-2-4-15(14)8-18(16)9-17/h1-9,19H,10-13H2,(H,26,29)(H,30,31)/t19?,23-/m0/s1. The molecule has 0 aliphatic carbocycles. The van der Waals surface area contributed by atoms with Crippen molar-refractivity contribution in [3.8, 4) is 0 Å². The van der Waals surface area contributed by atoms with Gasteiger partial charge in [-0.1, -0.05) is 30.3 Å². The number of carboxylic acid groups (broad SMARTS) is 1. The van der Waals surface area contributed by atoms with E-state index in [1.165, 1.54) is 0 Å². The van der Waals surface area contributed by atoms with Crippen LogP contribution in [0.15, 0.2) is 54.6 Å². The number of hydrogen-bond donors (Lipinski definition) is 2. The van der Waals surface area contributed by atoms with E-state index in [-0.39, 0.29) is 0 Å². The van der Waals surface area contributed by atoms with E-state index in [0.717, 1.165) is 26.4 Å². The molecule has 1 heterocycles. The topological polar surface area (TPSA) is 86.7 Å². The molecule has 31 heavy (non-hydrogen) atoms. The quantitative estimate of drug-likeness (QED) is 0.614. The average molecular weight is 426 g/mol. The maximum absolute atomic E-state index is 14.3. The van der Waals surface area contributed by atoms with Crippen molar-refractivity contribution in [3.63, 3.8) is 0 Å². The molecule has 8 heteroatoms. The second-order valence-corrected chi connectivity index (χ2v) is 7.81. The van der Waals surface area contributed by atoms with Crippen LogP contribution in [0.3, 0.4) is 0 Å². The van der Waals surface area contributed by atoms with Gasteiger partial charge in [0.1, 0.15) is 12.7 Å². The molecule has 1 unspecified atom stereocenters. The fraction of sp³-hybridized carbons (Fsp3) is 0.261. The lowest BCUT2D eigenvalue weighted by Crippen LogP contribution is -2.46. The summed E-state index contributed by atoms with van der Waals surface area (Å²) in [5, 5.41) is 15.6. The van der Waals surface area contributed by atoms with E-state index in [0.29, 0.717) is 5.56 Å². The highest BCUT2D eigenvalue weighted by atomic mass is 19.2. The number of fused-ring (bicyclic) bond motifs is 2. The second-order valence-electron chi connectivity index (χ2n) is 7.81. The Hall–Kier alpha value is -3.55. The third-order valence-electron chi connectivity index (χ3n) is 5.60. The first kappa shape index (κ1) is 20.7. The van der Waals surface area contributed by atoms with Crippen molar-refractivity contribution in [1.82, 2.24) is 10.2 Å². The molecule has 6 nitrogen and oxygen atoms in total. The summed E-state index contributed by atoms with van der Waals surface area (Å²) >= 11 is 0. The first-order valence-electron chi connectivity index (χ1n) is 9.78. The third-order valence-corrected chi connectivity index (χ3v) is 5.60. The van der Waals surface area contributed by atoms with E-state index in [9.17, 15) is 28.3 Å². The van der Waals surface area contributed by atoms with Gasteiger partial charge in [0.05, 0.1) is 13.1 Å². The number of likely N-dealkylation sites (tertiary alicyclic amines) is 1. The van der Waals surface area contributed by atoms with Crippen molar-refractivity contribution in [2.45, 2.75) is 18.1 Å². The number of carboxylic acids is 1. The molecule has 0 bridgehead atoms. The normalized spacial score (nSPS) is 20.8. The smallest absolute Gasteiger partial charge is 0.326 e. The first-order valence-corrected chi connectivity index (χ1v) is 9.78. The molecule has 1 saturated heterocycles. The molecule has 4 rings (SSSR count). The van der Waals surface area contributed by atoms with Crippen LogP contribution in [0.5, 0.6) is 0 Å². The Morgan fingerprint density at radius 1 is 1.03 bits per heavy atom. The molecule has 3 aromatic carbocycles. The predicted molar refractivity (Wildman–Crippen MR) is 111 cm³/mol. The summed E-state index contributed by atoms with van der Waals surface area (Å²) in [6.07, 6.45) is -0.614. The van der Waals surface area contributed by atoms with Gasteiger partial charge in [0.15, 0.2) is 5.67 Å². The van der Waals surface area contributed by atoms with Crippen LogP contribution in [0.25, 0.3) is 21.5 Å². The highest BCUT2D eigenvalue weighted by Crippen LogP contribution is 2.31. The molecule has 0 spiro atoms. The molecule has 160 valence electrons. The van der Waals surface area contributed by atoms with Gasteiger partial charge in [-0.15, -0.1) is 0 Å². The van der Waals surface area contributed by atoms with Crippen molar-refractivity contribution in [2.75, 3.05) is 19.8 Å². The van der Waals surface area contributed by atoms with Crippen molar-refractivity contribution < 1.29 is 28.3 Å². The monoisotopic (exact) mass is 426 g/mol. The summed E-state index contributed by atoms with van der Waals surface area (Å²) in [4.78, 5) is 37.1. The highest BCUT2D eigenvalue weighted by Gasteiger charge is 2.49. The highest BCUT2D eigenvalue weighted by molar-refractivity contribution is 6.03. The van der Waals surface area contributed by atoms with E-state index >= 15 is 0 Å². The van der Waals surface area contributed by atoms with Crippen LogP contribution >= 0.6 is 0 Å². The number of rotatable bonds is 5. The zero-order valence-electron chi connectivity index (χ0n) is 16.5. The van der Waals surface area contributed by atoms with E-state index in [2.05, 4.69) is 5.32 Å². The SMILES string of the molecule is O=C(NCC(=O)N1C[C@@](F)(CF)CC1C(=O)O)c1ccc2cc3ccccc3cc2c1. The van der Waals surface area contributed by atoms with Crippen LogP contribution in [0.2, 0.25) is 0 Å². The van der Waals surface area contributed by atoms with Gasteiger partial charge in [0, 0.05) is 12.0 Å². The van der Waals surface area contributed by atoms with Crippen LogP contribution in [0.1, 0.15) is 16.8 Å². The largest absolute Gasteiger partial charge is 0.480 e. The molecular weight excluding hydrogens is 406 g/mol. The van der Waals surface area contributed by atoms with Gasteiger partial charge in [-0.05, 0) is 45.8 Å².